The summed E-state index contributed by atoms with van der Waals surface area (Å²) < 4.78 is 5.18. The largest absolute Gasteiger partial charge is 0.361 e. The van der Waals surface area contributed by atoms with Gasteiger partial charge >= 0.3 is 0 Å². The summed E-state index contributed by atoms with van der Waals surface area (Å²) in [5, 5.41) is 7.42. The van der Waals surface area contributed by atoms with Crippen molar-refractivity contribution in [1.29, 1.82) is 0 Å². The molecule has 4 heteroatoms. The van der Waals surface area contributed by atoms with Gasteiger partial charge in [-0.25, -0.2) is 0 Å². The second-order valence-electron chi connectivity index (χ2n) is 4.61. The fraction of sp³-hybridized carbons (Fsp3) is 0.429. The Kier molecular flexibility index (Phi) is 3.77. The molecule has 18 heavy (non-hydrogen) atoms. The zero-order valence-electron chi connectivity index (χ0n) is 11.3. The van der Waals surface area contributed by atoms with Gasteiger partial charge in [0.05, 0.1) is 11.4 Å². The molecule has 4 nitrogen and oxygen atoms in total. The first-order valence-corrected chi connectivity index (χ1v) is 6.16. The summed E-state index contributed by atoms with van der Waals surface area (Å²) in [6, 6.07) is 6.26. The molecule has 2 aromatic heterocycles. The lowest BCUT2D eigenvalue weighted by molar-refractivity contribution is 0.390. The fourth-order valence-electron chi connectivity index (χ4n) is 2.17. The van der Waals surface area contributed by atoms with Gasteiger partial charge in [0.2, 0.25) is 0 Å². The Labute approximate surface area is 107 Å². The summed E-state index contributed by atoms with van der Waals surface area (Å²) in [4.78, 5) is 4.47. The van der Waals surface area contributed by atoms with Crippen molar-refractivity contribution in [2.75, 3.05) is 0 Å². The Morgan fingerprint density at radius 2 is 2.06 bits per heavy atom. The molecule has 96 valence electrons. The van der Waals surface area contributed by atoms with E-state index in [0.717, 1.165) is 35.0 Å². The van der Waals surface area contributed by atoms with Crippen LogP contribution in [0.5, 0.6) is 0 Å². The molecular formula is C14H19N3O. The predicted molar refractivity (Wildman–Crippen MR) is 70.2 cm³/mol. The third-order valence-corrected chi connectivity index (χ3v) is 3.06. The van der Waals surface area contributed by atoms with Crippen molar-refractivity contribution in [3.63, 3.8) is 0 Å². The van der Waals surface area contributed by atoms with E-state index < -0.39 is 0 Å². The second-order valence-corrected chi connectivity index (χ2v) is 4.61. The number of hydrogen-bond acceptors (Lipinski definition) is 4. The molecular weight excluding hydrogens is 226 g/mol. The topological polar surface area (TPSA) is 51.0 Å². The number of aryl methyl sites for hydroxylation is 3. The van der Waals surface area contributed by atoms with E-state index in [9.17, 15) is 0 Å². The molecule has 0 saturated heterocycles. The quantitative estimate of drug-likeness (QED) is 0.900. The number of pyridine rings is 1. The molecule has 0 aliphatic heterocycles. The standard InChI is InChI=1S/C14H19N3O/c1-9-6-5-7-13(16-9)8-15-10(2)14-11(3)17-18-12(14)4/h5-7,10,15H,8H2,1-4H3. The van der Waals surface area contributed by atoms with Gasteiger partial charge in [0, 0.05) is 23.8 Å². The maximum atomic E-state index is 5.18. The molecule has 0 bridgehead atoms. The molecule has 1 atom stereocenters. The lowest BCUT2D eigenvalue weighted by Crippen LogP contribution is -2.19. The molecule has 0 amide bonds. The van der Waals surface area contributed by atoms with Crippen LogP contribution in [0.25, 0.3) is 0 Å². The molecule has 1 N–H and O–H groups in total. The summed E-state index contributed by atoms with van der Waals surface area (Å²) in [7, 11) is 0. The van der Waals surface area contributed by atoms with Crippen LogP contribution in [0.3, 0.4) is 0 Å². The molecule has 0 radical (unpaired) electrons. The molecule has 0 fully saturated rings. The Hall–Kier alpha value is -1.68. The highest BCUT2D eigenvalue weighted by atomic mass is 16.5. The van der Waals surface area contributed by atoms with E-state index in [2.05, 4.69) is 22.4 Å². The zero-order chi connectivity index (χ0) is 13.1. The summed E-state index contributed by atoms with van der Waals surface area (Å²) >= 11 is 0. The van der Waals surface area contributed by atoms with Crippen LogP contribution in [-0.4, -0.2) is 10.1 Å². The van der Waals surface area contributed by atoms with Gasteiger partial charge in [-0.05, 0) is 39.8 Å². The minimum absolute atomic E-state index is 0.207. The first kappa shape index (κ1) is 12.8. The van der Waals surface area contributed by atoms with E-state index in [1.807, 2.05) is 39.0 Å². The maximum absolute atomic E-state index is 5.18. The summed E-state index contributed by atoms with van der Waals surface area (Å²) in [6.07, 6.45) is 0. The van der Waals surface area contributed by atoms with Gasteiger partial charge in [0.25, 0.3) is 0 Å². The van der Waals surface area contributed by atoms with Crippen molar-refractivity contribution in [2.45, 2.75) is 40.3 Å². The minimum Gasteiger partial charge on any atom is -0.361 e. The van der Waals surface area contributed by atoms with Crippen molar-refractivity contribution < 1.29 is 4.52 Å². The number of nitrogens with one attached hydrogen (secondary N) is 1. The van der Waals surface area contributed by atoms with Gasteiger partial charge in [-0.1, -0.05) is 11.2 Å². The highest BCUT2D eigenvalue weighted by Crippen LogP contribution is 2.21. The van der Waals surface area contributed by atoms with Crippen LogP contribution in [0.1, 0.15) is 41.4 Å². The molecule has 0 saturated carbocycles. The van der Waals surface area contributed by atoms with Crippen molar-refractivity contribution in [2.24, 2.45) is 0 Å². The van der Waals surface area contributed by atoms with E-state index in [-0.39, 0.29) is 6.04 Å². The summed E-state index contributed by atoms with van der Waals surface area (Å²) in [5.41, 5.74) is 4.18. The first-order valence-electron chi connectivity index (χ1n) is 6.16. The van der Waals surface area contributed by atoms with E-state index >= 15 is 0 Å². The fourth-order valence-corrected chi connectivity index (χ4v) is 2.17. The minimum atomic E-state index is 0.207. The number of hydrogen-bond donors (Lipinski definition) is 1. The Bertz CT molecular complexity index is 514. The first-order chi connectivity index (χ1) is 8.58. The highest BCUT2D eigenvalue weighted by molar-refractivity contribution is 5.24. The van der Waals surface area contributed by atoms with Gasteiger partial charge in [0.1, 0.15) is 5.76 Å². The van der Waals surface area contributed by atoms with Gasteiger partial charge in [-0.3, -0.25) is 4.98 Å². The van der Waals surface area contributed by atoms with Crippen LogP contribution in [0.4, 0.5) is 0 Å². The lowest BCUT2D eigenvalue weighted by atomic mass is 10.1. The zero-order valence-corrected chi connectivity index (χ0v) is 11.3. The van der Waals surface area contributed by atoms with Gasteiger partial charge in [0.15, 0.2) is 0 Å². The van der Waals surface area contributed by atoms with Crippen LogP contribution in [0.15, 0.2) is 22.7 Å². The third kappa shape index (κ3) is 2.76. The number of nitrogens with zero attached hydrogens (tertiary/aromatic N) is 2. The Morgan fingerprint density at radius 3 is 2.67 bits per heavy atom. The van der Waals surface area contributed by atoms with E-state index in [1.165, 1.54) is 0 Å². The molecule has 0 aromatic carbocycles. The molecule has 0 spiro atoms. The molecule has 2 aromatic rings. The molecule has 1 unspecified atom stereocenters. The molecule has 0 aliphatic rings. The molecule has 2 rings (SSSR count). The van der Waals surface area contributed by atoms with Crippen LogP contribution < -0.4 is 5.32 Å². The Morgan fingerprint density at radius 1 is 1.28 bits per heavy atom. The monoisotopic (exact) mass is 245 g/mol. The number of aromatic nitrogens is 2. The van der Waals surface area contributed by atoms with Gasteiger partial charge in [-0.2, -0.15) is 0 Å². The van der Waals surface area contributed by atoms with Crippen molar-refractivity contribution in [3.05, 3.63) is 46.6 Å². The third-order valence-electron chi connectivity index (χ3n) is 3.06. The van der Waals surface area contributed by atoms with Crippen LogP contribution in [0, 0.1) is 20.8 Å². The van der Waals surface area contributed by atoms with Gasteiger partial charge in [-0.15, -0.1) is 0 Å². The van der Waals surface area contributed by atoms with Crippen molar-refractivity contribution >= 4 is 0 Å². The highest BCUT2D eigenvalue weighted by Gasteiger charge is 2.15. The van der Waals surface area contributed by atoms with Crippen molar-refractivity contribution in [1.82, 2.24) is 15.5 Å². The van der Waals surface area contributed by atoms with Crippen molar-refractivity contribution in [3.8, 4) is 0 Å². The van der Waals surface area contributed by atoms with E-state index in [1.54, 1.807) is 0 Å². The SMILES string of the molecule is Cc1cccc(CNC(C)c2c(C)noc2C)n1. The summed E-state index contributed by atoms with van der Waals surface area (Å²) in [6.45, 7) is 8.77. The van der Waals surface area contributed by atoms with Gasteiger partial charge < -0.3 is 9.84 Å². The van der Waals surface area contributed by atoms with Crippen LogP contribution in [-0.2, 0) is 6.54 Å². The average Bonchev–Trinajstić information content (AvgIpc) is 2.66. The van der Waals surface area contributed by atoms with Crippen LogP contribution >= 0.6 is 0 Å². The van der Waals surface area contributed by atoms with Crippen LogP contribution in [0.2, 0.25) is 0 Å². The maximum Gasteiger partial charge on any atom is 0.138 e. The average molecular weight is 245 g/mol. The molecule has 2 heterocycles. The smallest absolute Gasteiger partial charge is 0.138 e. The Balaban J connectivity index is 2.03. The molecule has 0 aliphatic carbocycles. The number of rotatable bonds is 4. The predicted octanol–water partition coefficient (Wildman–Crippen LogP) is 2.85. The normalized spacial score (nSPS) is 12.7. The lowest BCUT2D eigenvalue weighted by Gasteiger charge is -2.13. The summed E-state index contributed by atoms with van der Waals surface area (Å²) in [5.74, 6) is 0.879. The van der Waals surface area contributed by atoms with E-state index in [0.29, 0.717) is 0 Å². The van der Waals surface area contributed by atoms with E-state index in [4.69, 9.17) is 4.52 Å². The second kappa shape index (κ2) is 5.31.